The first-order chi connectivity index (χ1) is 19.7. The number of fused-ring (bicyclic) bond motifs is 4. The van der Waals surface area contributed by atoms with Gasteiger partial charge in [0.2, 0.25) is 0 Å². The highest BCUT2D eigenvalue weighted by molar-refractivity contribution is 5.81. The molecule has 2 aromatic rings. The Morgan fingerprint density at radius 3 is 1.82 bits per heavy atom. The lowest BCUT2D eigenvalue weighted by Gasteiger charge is -2.18. The molecule has 6 nitrogen and oxygen atoms in total. The predicted octanol–water partition coefficient (Wildman–Crippen LogP) is 6.34. The van der Waals surface area contributed by atoms with Crippen LogP contribution in [0, 0.1) is 58.2 Å². The van der Waals surface area contributed by atoms with Gasteiger partial charge in [-0.1, -0.05) is 36.4 Å². The molecule has 0 aliphatic heterocycles. The molecule has 6 atom stereocenters. The van der Waals surface area contributed by atoms with Crippen LogP contribution in [0.4, 0.5) is 0 Å². The Morgan fingerprint density at radius 1 is 0.775 bits per heavy atom. The van der Waals surface area contributed by atoms with Gasteiger partial charge < -0.3 is 14.8 Å². The molecule has 6 rings (SSSR count). The largest absolute Gasteiger partial charge is 0.493 e. The van der Waals surface area contributed by atoms with E-state index in [4.69, 9.17) is 9.47 Å². The number of rotatable bonds is 11. The molecular weight excluding hydrogens is 496 g/mol. The number of benzene rings is 2. The van der Waals surface area contributed by atoms with Crippen molar-refractivity contribution in [3.63, 3.8) is 0 Å². The molecule has 0 saturated heterocycles. The fourth-order valence-electron chi connectivity index (χ4n) is 6.59. The van der Waals surface area contributed by atoms with E-state index in [9.17, 15) is 10.5 Å². The predicted molar refractivity (Wildman–Crippen MR) is 154 cm³/mol. The van der Waals surface area contributed by atoms with Crippen molar-refractivity contribution in [1.29, 1.82) is 10.5 Å². The lowest BCUT2D eigenvalue weighted by molar-refractivity contribution is 0.227. The van der Waals surface area contributed by atoms with Crippen LogP contribution < -0.4 is 14.8 Å². The van der Waals surface area contributed by atoms with Gasteiger partial charge in [-0.25, -0.2) is 4.99 Å². The molecule has 2 aromatic carbocycles. The van der Waals surface area contributed by atoms with Gasteiger partial charge >= 0.3 is 0 Å². The van der Waals surface area contributed by atoms with E-state index in [0.29, 0.717) is 30.2 Å². The highest BCUT2D eigenvalue weighted by Crippen LogP contribution is 2.44. The Morgan fingerprint density at radius 2 is 1.35 bits per heavy atom. The monoisotopic (exact) mass is 530 g/mol. The van der Waals surface area contributed by atoms with Crippen molar-refractivity contribution in [3.05, 3.63) is 95.4 Å². The van der Waals surface area contributed by atoms with Gasteiger partial charge in [0.15, 0.2) is 11.4 Å². The SMILES string of the molecule is N#C/C(N=Cc1ccc(OCC2C[C@@H]3C=C[C@H]2C3)cc1)=C(\C#N)NCc1ccc(OCC2C[C@@H]3C=C[C@H]2C3)cc1. The quantitative estimate of drug-likeness (QED) is 0.208. The van der Waals surface area contributed by atoms with Crippen molar-refractivity contribution in [1.82, 2.24) is 5.32 Å². The van der Waals surface area contributed by atoms with Crippen molar-refractivity contribution in [3.8, 4) is 23.6 Å². The number of nitrogens with one attached hydrogen (secondary N) is 1. The number of aliphatic imine (C=N–C) groups is 1. The van der Waals surface area contributed by atoms with Gasteiger partial charge in [-0.2, -0.15) is 10.5 Å². The van der Waals surface area contributed by atoms with Crippen LogP contribution in [0.1, 0.15) is 36.8 Å². The van der Waals surface area contributed by atoms with Crippen molar-refractivity contribution in [2.24, 2.45) is 40.5 Å². The van der Waals surface area contributed by atoms with Gasteiger partial charge in [-0.15, -0.1) is 0 Å². The summed E-state index contributed by atoms with van der Waals surface area (Å²) >= 11 is 0. The number of nitriles is 2. The highest BCUT2D eigenvalue weighted by atomic mass is 16.5. The molecule has 4 bridgehead atoms. The average Bonchev–Trinajstić information content (AvgIpc) is 3.81. The standard InChI is InChI=1S/C34H34N4O2/c35-17-33(37-19-23-3-9-31(10-4-23)39-21-29-15-25-1-7-27(29)13-25)34(18-36)38-20-24-5-11-32(12-6-24)40-22-30-16-26-2-8-28(30)14-26/h1-12,19,25-30,38H,13-16,20-22H2/b34-33-,37-19?/t25-,26-,27+,28+,29?,30?/m1/s1. The Labute approximate surface area is 236 Å². The maximum atomic E-state index is 9.65. The number of nitrogens with zero attached hydrogens (tertiary/aromatic N) is 3. The van der Waals surface area contributed by atoms with E-state index in [1.54, 1.807) is 6.21 Å². The van der Waals surface area contributed by atoms with Crippen LogP contribution >= 0.6 is 0 Å². The first kappa shape index (κ1) is 26.0. The average molecular weight is 531 g/mol. The number of hydrogen-bond donors (Lipinski definition) is 1. The minimum atomic E-state index is 0.0482. The van der Waals surface area contributed by atoms with Crippen molar-refractivity contribution in [2.45, 2.75) is 32.2 Å². The zero-order valence-corrected chi connectivity index (χ0v) is 22.6. The molecule has 0 spiro atoms. The van der Waals surface area contributed by atoms with Crippen LogP contribution in [-0.2, 0) is 6.54 Å². The molecule has 0 heterocycles. The third-order valence-corrected chi connectivity index (χ3v) is 8.83. The number of hydrogen-bond acceptors (Lipinski definition) is 6. The van der Waals surface area contributed by atoms with Crippen LogP contribution in [0.3, 0.4) is 0 Å². The maximum Gasteiger partial charge on any atom is 0.174 e. The van der Waals surface area contributed by atoms with Gasteiger partial charge in [0.1, 0.15) is 23.6 Å². The van der Waals surface area contributed by atoms with Gasteiger partial charge in [0, 0.05) is 12.8 Å². The summed E-state index contributed by atoms with van der Waals surface area (Å²) in [6.07, 6.45) is 16.0. The molecular formula is C34H34N4O2. The first-order valence-corrected chi connectivity index (χ1v) is 14.3. The van der Waals surface area contributed by atoms with Gasteiger partial charge in [0.05, 0.1) is 13.2 Å². The molecule has 6 heteroatoms. The molecule has 0 amide bonds. The Hall–Kier alpha value is -4.29. The molecule has 2 unspecified atom stereocenters. The van der Waals surface area contributed by atoms with Crippen molar-refractivity contribution in [2.75, 3.05) is 13.2 Å². The molecule has 0 aromatic heterocycles. The van der Waals surface area contributed by atoms with E-state index in [1.165, 1.54) is 25.7 Å². The van der Waals surface area contributed by atoms with Crippen LogP contribution in [0.5, 0.6) is 11.5 Å². The zero-order valence-electron chi connectivity index (χ0n) is 22.6. The van der Waals surface area contributed by atoms with Crippen LogP contribution in [0.15, 0.2) is 89.2 Å². The Bertz CT molecular complexity index is 1410. The van der Waals surface area contributed by atoms with Gasteiger partial charge in [-0.3, -0.25) is 0 Å². The fraction of sp³-hybridized carbons (Fsp3) is 0.382. The molecule has 40 heavy (non-hydrogen) atoms. The molecule has 1 N–H and O–H groups in total. The Balaban J connectivity index is 0.988. The normalized spacial score (nSPS) is 27.9. The summed E-state index contributed by atoms with van der Waals surface area (Å²) in [5, 5.41) is 22.3. The maximum absolute atomic E-state index is 9.65. The molecule has 0 radical (unpaired) electrons. The molecule has 202 valence electrons. The lowest BCUT2D eigenvalue weighted by Crippen LogP contribution is -2.16. The second kappa shape index (κ2) is 11.8. The van der Waals surface area contributed by atoms with E-state index >= 15 is 0 Å². The van der Waals surface area contributed by atoms with Crippen molar-refractivity contribution >= 4 is 6.21 Å². The number of ether oxygens (including phenoxy) is 2. The molecule has 4 aliphatic rings. The highest BCUT2D eigenvalue weighted by Gasteiger charge is 2.36. The summed E-state index contributed by atoms with van der Waals surface area (Å²) in [5.41, 5.74) is 2.01. The summed E-state index contributed by atoms with van der Waals surface area (Å²) < 4.78 is 12.1. The third-order valence-electron chi connectivity index (χ3n) is 8.83. The van der Waals surface area contributed by atoms with Crippen LogP contribution in [0.25, 0.3) is 0 Å². The summed E-state index contributed by atoms with van der Waals surface area (Å²) in [6, 6.07) is 19.7. The Kier molecular flexibility index (Phi) is 7.69. The minimum Gasteiger partial charge on any atom is -0.493 e. The van der Waals surface area contributed by atoms with E-state index in [-0.39, 0.29) is 11.4 Å². The van der Waals surface area contributed by atoms with E-state index in [0.717, 1.165) is 47.7 Å². The van der Waals surface area contributed by atoms with Crippen molar-refractivity contribution < 1.29 is 9.47 Å². The van der Waals surface area contributed by atoms with E-state index < -0.39 is 0 Å². The van der Waals surface area contributed by atoms with E-state index in [1.807, 2.05) is 54.6 Å². The number of allylic oxidation sites excluding steroid dienone is 6. The summed E-state index contributed by atoms with van der Waals surface area (Å²) in [6.45, 7) is 1.90. The smallest absolute Gasteiger partial charge is 0.174 e. The molecule has 2 saturated carbocycles. The topological polar surface area (TPSA) is 90.4 Å². The first-order valence-electron chi connectivity index (χ1n) is 14.3. The molecule has 4 aliphatic carbocycles. The second-order valence-corrected chi connectivity index (χ2v) is 11.5. The summed E-state index contributed by atoms with van der Waals surface area (Å²) in [4.78, 5) is 4.29. The fourth-order valence-corrected chi connectivity index (χ4v) is 6.59. The summed E-state index contributed by atoms with van der Waals surface area (Å²) in [7, 11) is 0. The lowest BCUT2D eigenvalue weighted by atomic mass is 9.95. The zero-order chi connectivity index (χ0) is 27.3. The third kappa shape index (κ3) is 5.97. The minimum absolute atomic E-state index is 0.0482. The van der Waals surface area contributed by atoms with E-state index in [2.05, 4.69) is 40.7 Å². The van der Waals surface area contributed by atoms with Crippen LogP contribution in [0.2, 0.25) is 0 Å². The van der Waals surface area contributed by atoms with Crippen LogP contribution in [-0.4, -0.2) is 19.4 Å². The molecule has 2 fully saturated rings. The van der Waals surface area contributed by atoms with Gasteiger partial charge in [-0.05, 0) is 109 Å². The summed E-state index contributed by atoms with van der Waals surface area (Å²) in [5.74, 6) is 5.75. The second-order valence-electron chi connectivity index (χ2n) is 11.5. The van der Waals surface area contributed by atoms with Gasteiger partial charge in [0.25, 0.3) is 0 Å².